The zero-order valence-corrected chi connectivity index (χ0v) is 17.3. The lowest BCUT2D eigenvalue weighted by atomic mass is 9.94. The lowest BCUT2D eigenvalue weighted by Gasteiger charge is -2.35. The van der Waals surface area contributed by atoms with E-state index in [1.807, 2.05) is 6.92 Å². The summed E-state index contributed by atoms with van der Waals surface area (Å²) in [5.74, 6) is -0.969. The van der Waals surface area contributed by atoms with Gasteiger partial charge in [-0.15, -0.1) is 0 Å². The minimum Gasteiger partial charge on any atom is -0.496 e. The van der Waals surface area contributed by atoms with Gasteiger partial charge in [0.05, 0.1) is 12.0 Å². The van der Waals surface area contributed by atoms with Crippen molar-refractivity contribution in [3.63, 3.8) is 0 Å². The summed E-state index contributed by atoms with van der Waals surface area (Å²) in [5, 5.41) is 5.13. The van der Waals surface area contributed by atoms with Crippen molar-refractivity contribution in [3.05, 3.63) is 23.8 Å². The molecule has 156 valence electrons. The van der Waals surface area contributed by atoms with Crippen molar-refractivity contribution < 1.29 is 27.5 Å². The molecule has 1 aromatic carbocycles. The van der Waals surface area contributed by atoms with Crippen molar-refractivity contribution in [1.82, 2.24) is 4.90 Å². The first-order valence-corrected chi connectivity index (χ1v) is 11.0. The van der Waals surface area contributed by atoms with Gasteiger partial charge in [-0.1, -0.05) is 19.3 Å². The molecule has 1 aromatic rings. The summed E-state index contributed by atoms with van der Waals surface area (Å²) in [6.45, 7) is 3.96. The highest BCUT2D eigenvalue weighted by Crippen LogP contribution is 2.25. The standard InChI is InChI=1S/C19H28N2O6S/c1-4-21(14-8-6-5-7-9-14)18(22)13(2)27-19(23)16-12-15(28(20,24)25)10-11-17(16)26-3/h10-14H,4-9H2,1-3H3,(H2,20,24,25)/t13-/m1/s1. The second-order valence-corrected chi connectivity index (χ2v) is 8.43. The number of ether oxygens (including phenoxy) is 2. The third-order valence-corrected chi connectivity index (χ3v) is 5.90. The van der Waals surface area contributed by atoms with E-state index in [1.165, 1.54) is 32.6 Å². The number of benzene rings is 1. The Balaban J connectivity index is 2.17. The zero-order valence-electron chi connectivity index (χ0n) is 16.5. The van der Waals surface area contributed by atoms with Gasteiger partial charge in [-0.2, -0.15) is 0 Å². The summed E-state index contributed by atoms with van der Waals surface area (Å²) >= 11 is 0. The molecule has 9 heteroatoms. The van der Waals surface area contributed by atoms with Gasteiger partial charge in [0.25, 0.3) is 5.91 Å². The Morgan fingerprint density at radius 3 is 2.43 bits per heavy atom. The van der Waals surface area contributed by atoms with Crippen molar-refractivity contribution in [2.24, 2.45) is 5.14 Å². The Bertz CT molecular complexity index is 818. The van der Waals surface area contributed by atoms with Crippen molar-refractivity contribution in [3.8, 4) is 5.75 Å². The van der Waals surface area contributed by atoms with Gasteiger partial charge in [0, 0.05) is 12.6 Å². The van der Waals surface area contributed by atoms with E-state index in [9.17, 15) is 18.0 Å². The lowest BCUT2D eigenvalue weighted by Crippen LogP contribution is -2.46. The fourth-order valence-corrected chi connectivity index (χ4v) is 4.06. The van der Waals surface area contributed by atoms with E-state index in [0.29, 0.717) is 6.54 Å². The Labute approximate surface area is 166 Å². The maximum absolute atomic E-state index is 12.8. The van der Waals surface area contributed by atoms with Gasteiger partial charge in [0.1, 0.15) is 11.3 Å². The van der Waals surface area contributed by atoms with Crippen LogP contribution in [0.4, 0.5) is 0 Å². The minimum absolute atomic E-state index is 0.102. The molecule has 1 saturated carbocycles. The highest BCUT2D eigenvalue weighted by molar-refractivity contribution is 7.89. The Hall–Kier alpha value is -2.13. The van der Waals surface area contributed by atoms with E-state index in [-0.39, 0.29) is 28.2 Å². The average Bonchev–Trinajstić information content (AvgIpc) is 2.67. The summed E-state index contributed by atoms with van der Waals surface area (Å²) < 4.78 is 33.6. The van der Waals surface area contributed by atoms with Gasteiger partial charge in [-0.25, -0.2) is 18.4 Å². The third-order valence-electron chi connectivity index (χ3n) is 4.99. The predicted octanol–water partition coefficient (Wildman–Crippen LogP) is 2.07. The van der Waals surface area contributed by atoms with Gasteiger partial charge in [-0.3, -0.25) is 4.79 Å². The molecule has 0 heterocycles. The number of esters is 1. The van der Waals surface area contributed by atoms with Gasteiger partial charge >= 0.3 is 5.97 Å². The summed E-state index contributed by atoms with van der Waals surface area (Å²) in [6.07, 6.45) is 4.24. The fraction of sp³-hybridized carbons (Fsp3) is 0.579. The first-order chi connectivity index (χ1) is 13.2. The Morgan fingerprint density at radius 1 is 1.25 bits per heavy atom. The molecule has 0 spiro atoms. The number of carbonyl (C=O) groups excluding carboxylic acids is 2. The number of amides is 1. The monoisotopic (exact) mass is 412 g/mol. The zero-order chi connectivity index (χ0) is 20.9. The van der Waals surface area contributed by atoms with E-state index in [0.717, 1.165) is 31.7 Å². The van der Waals surface area contributed by atoms with Gasteiger partial charge in [-0.05, 0) is 44.9 Å². The Morgan fingerprint density at radius 2 is 1.89 bits per heavy atom. The second-order valence-electron chi connectivity index (χ2n) is 6.87. The van der Waals surface area contributed by atoms with Crippen molar-refractivity contribution in [1.29, 1.82) is 0 Å². The topological polar surface area (TPSA) is 116 Å². The number of sulfonamides is 1. The molecule has 1 fully saturated rings. The number of rotatable bonds is 7. The molecule has 2 rings (SSSR count). The van der Waals surface area contributed by atoms with Crippen LogP contribution < -0.4 is 9.88 Å². The number of primary sulfonamides is 1. The molecule has 1 aliphatic rings. The van der Waals surface area contributed by atoms with Gasteiger partial charge in [0.2, 0.25) is 10.0 Å². The van der Waals surface area contributed by atoms with Crippen LogP contribution in [0.5, 0.6) is 5.75 Å². The van der Waals surface area contributed by atoms with Crippen LogP contribution in [-0.4, -0.2) is 51.0 Å². The molecule has 1 amide bonds. The number of carbonyl (C=O) groups is 2. The van der Waals surface area contributed by atoms with Crippen molar-refractivity contribution >= 4 is 21.9 Å². The normalized spacial score (nSPS) is 16.3. The maximum Gasteiger partial charge on any atom is 0.342 e. The predicted molar refractivity (Wildman–Crippen MR) is 104 cm³/mol. The number of nitrogens with two attached hydrogens (primary N) is 1. The molecule has 8 nitrogen and oxygen atoms in total. The number of methoxy groups -OCH3 is 1. The largest absolute Gasteiger partial charge is 0.496 e. The minimum atomic E-state index is -4.00. The number of nitrogens with zero attached hydrogens (tertiary/aromatic N) is 1. The van der Waals surface area contributed by atoms with Crippen LogP contribution in [0.3, 0.4) is 0 Å². The van der Waals surface area contributed by atoms with Crippen molar-refractivity contribution in [2.45, 2.75) is 63.0 Å². The summed E-state index contributed by atoms with van der Waals surface area (Å²) in [7, 11) is -2.65. The smallest absolute Gasteiger partial charge is 0.342 e. The molecular formula is C19H28N2O6S. The van der Waals surface area contributed by atoms with Crippen LogP contribution >= 0.6 is 0 Å². The first kappa shape index (κ1) is 22.2. The summed E-state index contributed by atoms with van der Waals surface area (Å²) in [4.78, 5) is 26.9. The molecule has 0 aliphatic heterocycles. The molecule has 0 saturated heterocycles. The molecular weight excluding hydrogens is 384 g/mol. The molecule has 0 unspecified atom stereocenters. The lowest BCUT2D eigenvalue weighted by molar-refractivity contribution is -0.142. The summed E-state index contributed by atoms with van der Waals surface area (Å²) in [6, 6.07) is 3.81. The SMILES string of the molecule is CCN(C(=O)[C@@H](C)OC(=O)c1cc(S(N)(=O)=O)ccc1OC)C1CCCCC1. The quantitative estimate of drug-likeness (QED) is 0.685. The molecule has 1 aliphatic carbocycles. The van der Waals surface area contributed by atoms with Crippen molar-refractivity contribution in [2.75, 3.05) is 13.7 Å². The molecule has 28 heavy (non-hydrogen) atoms. The van der Waals surface area contributed by atoms with Crippen LogP contribution in [0.2, 0.25) is 0 Å². The van der Waals surface area contributed by atoms with E-state index in [4.69, 9.17) is 14.6 Å². The van der Waals surface area contributed by atoms with Crippen LogP contribution in [0.1, 0.15) is 56.3 Å². The van der Waals surface area contributed by atoms with Crippen LogP contribution in [0, 0.1) is 0 Å². The van der Waals surface area contributed by atoms with E-state index < -0.39 is 22.1 Å². The summed E-state index contributed by atoms with van der Waals surface area (Å²) in [5.41, 5.74) is -0.102. The molecule has 0 aromatic heterocycles. The number of hydrogen-bond donors (Lipinski definition) is 1. The second kappa shape index (κ2) is 9.38. The first-order valence-electron chi connectivity index (χ1n) is 9.41. The van der Waals surface area contributed by atoms with Gasteiger partial charge < -0.3 is 14.4 Å². The molecule has 0 radical (unpaired) electrons. The Kier molecular flexibility index (Phi) is 7.42. The van der Waals surface area contributed by atoms with E-state index >= 15 is 0 Å². The molecule has 0 bridgehead atoms. The third kappa shape index (κ3) is 5.23. The van der Waals surface area contributed by atoms with Crippen LogP contribution in [0.15, 0.2) is 23.1 Å². The molecule has 1 atom stereocenters. The highest BCUT2D eigenvalue weighted by Gasteiger charge is 2.30. The molecule has 2 N–H and O–H groups in total. The van der Waals surface area contributed by atoms with E-state index in [2.05, 4.69) is 0 Å². The number of hydrogen-bond acceptors (Lipinski definition) is 6. The van der Waals surface area contributed by atoms with Gasteiger partial charge in [0.15, 0.2) is 6.10 Å². The maximum atomic E-state index is 12.8. The van der Waals surface area contributed by atoms with E-state index in [1.54, 1.807) is 4.90 Å². The average molecular weight is 413 g/mol. The number of likely N-dealkylation sites (N-methyl/N-ethyl adjacent to an activating group) is 1. The highest BCUT2D eigenvalue weighted by atomic mass is 32.2. The van der Waals surface area contributed by atoms with Crippen LogP contribution in [0.25, 0.3) is 0 Å². The fourth-order valence-electron chi connectivity index (χ4n) is 3.52. The van der Waals surface area contributed by atoms with Crippen LogP contribution in [-0.2, 0) is 19.6 Å².